The first-order valence-corrected chi connectivity index (χ1v) is 10.1. The largest absolute Gasteiger partial charge is 0.462 e. The molecule has 1 atom stereocenters. The third-order valence-electron chi connectivity index (χ3n) is 4.65. The monoisotopic (exact) mass is 362 g/mol. The SMILES string of the molecule is CCOC(=O)c1c(N2CCS(=O)(=O)C(C)C2)nc2ccccc2c1C. The van der Waals surface area contributed by atoms with Crippen LogP contribution in [0.5, 0.6) is 0 Å². The van der Waals surface area contributed by atoms with Gasteiger partial charge in [0.05, 0.1) is 23.1 Å². The van der Waals surface area contributed by atoms with E-state index in [1.807, 2.05) is 36.1 Å². The number of para-hydroxylation sites is 1. The van der Waals surface area contributed by atoms with Crippen LogP contribution in [0.4, 0.5) is 5.82 Å². The zero-order valence-electron chi connectivity index (χ0n) is 14.7. The van der Waals surface area contributed by atoms with Gasteiger partial charge >= 0.3 is 5.97 Å². The first-order chi connectivity index (χ1) is 11.8. The predicted molar refractivity (Wildman–Crippen MR) is 97.9 cm³/mol. The Kier molecular flexibility index (Phi) is 4.69. The van der Waals surface area contributed by atoms with Crippen LogP contribution in [0.15, 0.2) is 24.3 Å². The standard InChI is InChI=1S/C18H22N2O4S/c1-4-24-18(21)16-13(3)14-7-5-6-8-15(14)19-17(16)20-9-10-25(22,23)12(2)11-20/h5-8,12H,4,9-11H2,1-3H3. The Bertz CT molecular complexity index is 924. The Morgan fingerprint density at radius 3 is 2.76 bits per heavy atom. The van der Waals surface area contributed by atoms with Gasteiger partial charge in [-0.2, -0.15) is 0 Å². The minimum absolute atomic E-state index is 0.0595. The second kappa shape index (κ2) is 6.63. The van der Waals surface area contributed by atoms with E-state index in [1.165, 1.54) is 0 Å². The number of esters is 1. The lowest BCUT2D eigenvalue weighted by molar-refractivity contribution is 0.0526. The van der Waals surface area contributed by atoms with Gasteiger partial charge in [0.15, 0.2) is 9.84 Å². The molecule has 0 amide bonds. The molecule has 0 aliphatic carbocycles. The topological polar surface area (TPSA) is 76.6 Å². The molecule has 0 bridgehead atoms. The van der Waals surface area contributed by atoms with Crippen molar-refractivity contribution in [1.29, 1.82) is 0 Å². The minimum atomic E-state index is -3.08. The first-order valence-electron chi connectivity index (χ1n) is 8.38. The lowest BCUT2D eigenvalue weighted by Crippen LogP contribution is -2.46. The van der Waals surface area contributed by atoms with Gasteiger partial charge in [0.2, 0.25) is 0 Å². The molecule has 25 heavy (non-hydrogen) atoms. The summed E-state index contributed by atoms with van der Waals surface area (Å²) in [6.07, 6.45) is 0. The van der Waals surface area contributed by atoms with Gasteiger partial charge < -0.3 is 9.64 Å². The van der Waals surface area contributed by atoms with Crippen molar-refractivity contribution in [1.82, 2.24) is 4.98 Å². The summed E-state index contributed by atoms with van der Waals surface area (Å²) in [7, 11) is -3.08. The van der Waals surface area contributed by atoms with Gasteiger partial charge in [0.25, 0.3) is 0 Å². The number of carbonyl (C=O) groups excluding carboxylic acids is 1. The molecule has 6 nitrogen and oxygen atoms in total. The van der Waals surface area contributed by atoms with Crippen LogP contribution in [0.2, 0.25) is 0 Å². The van der Waals surface area contributed by atoms with E-state index in [0.29, 0.717) is 24.5 Å². The van der Waals surface area contributed by atoms with Gasteiger partial charge in [-0.3, -0.25) is 0 Å². The third-order valence-corrected chi connectivity index (χ3v) is 6.78. The van der Waals surface area contributed by atoms with Crippen molar-refractivity contribution >= 4 is 32.5 Å². The lowest BCUT2D eigenvalue weighted by atomic mass is 10.0. The highest BCUT2D eigenvalue weighted by atomic mass is 32.2. The number of hydrogen-bond donors (Lipinski definition) is 0. The molecule has 7 heteroatoms. The van der Waals surface area contributed by atoms with Gasteiger partial charge in [-0.1, -0.05) is 18.2 Å². The van der Waals surface area contributed by atoms with Crippen molar-refractivity contribution < 1.29 is 17.9 Å². The Hall–Kier alpha value is -2.15. The van der Waals surface area contributed by atoms with E-state index in [0.717, 1.165) is 16.5 Å². The summed E-state index contributed by atoms with van der Waals surface area (Å²) in [5.41, 5.74) is 2.01. The minimum Gasteiger partial charge on any atom is -0.462 e. The van der Waals surface area contributed by atoms with E-state index in [1.54, 1.807) is 13.8 Å². The molecule has 1 unspecified atom stereocenters. The molecular weight excluding hydrogens is 340 g/mol. The van der Waals surface area contributed by atoms with E-state index in [9.17, 15) is 13.2 Å². The maximum absolute atomic E-state index is 12.6. The first kappa shape index (κ1) is 17.7. The van der Waals surface area contributed by atoms with Crippen molar-refractivity contribution in [2.75, 3.05) is 30.3 Å². The highest BCUT2D eigenvalue weighted by Crippen LogP contribution is 2.30. The van der Waals surface area contributed by atoms with E-state index >= 15 is 0 Å². The molecular formula is C18H22N2O4S. The number of sulfone groups is 1. The number of hydrogen-bond acceptors (Lipinski definition) is 6. The van der Waals surface area contributed by atoms with Crippen LogP contribution >= 0.6 is 0 Å². The van der Waals surface area contributed by atoms with Crippen molar-refractivity contribution in [3.05, 3.63) is 35.4 Å². The van der Waals surface area contributed by atoms with Crippen LogP contribution in [0, 0.1) is 6.92 Å². The maximum atomic E-state index is 12.6. The summed E-state index contributed by atoms with van der Waals surface area (Å²) in [5.74, 6) is 0.148. The second-order valence-corrected chi connectivity index (χ2v) is 8.84. The maximum Gasteiger partial charge on any atom is 0.342 e. The fraction of sp³-hybridized carbons (Fsp3) is 0.444. The Balaban J connectivity index is 2.16. The number of pyridine rings is 1. The summed E-state index contributed by atoms with van der Waals surface area (Å²) in [6.45, 7) is 6.25. The molecule has 0 N–H and O–H groups in total. The number of anilines is 1. The molecule has 134 valence electrons. The van der Waals surface area contributed by atoms with Crippen LogP contribution in [-0.4, -0.2) is 50.1 Å². The number of rotatable bonds is 3. The van der Waals surface area contributed by atoms with Crippen molar-refractivity contribution in [3.63, 3.8) is 0 Å². The molecule has 1 fully saturated rings. The second-order valence-electron chi connectivity index (χ2n) is 6.30. The van der Waals surface area contributed by atoms with Crippen LogP contribution in [0.25, 0.3) is 10.9 Å². The van der Waals surface area contributed by atoms with Gasteiger partial charge in [-0.25, -0.2) is 18.2 Å². The number of fused-ring (bicyclic) bond motifs is 1. The summed E-state index contributed by atoms with van der Waals surface area (Å²) < 4.78 is 29.3. The zero-order chi connectivity index (χ0) is 18.2. The average Bonchev–Trinajstić information content (AvgIpc) is 2.57. The highest BCUT2D eigenvalue weighted by Gasteiger charge is 2.33. The lowest BCUT2D eigenvalue weighted by Gasteiger charge is -2.33. The zero-order valence-corrected chi connectivity index (χ0v) is 15.5. The summed E-state index contributed by atoms with van der Waals surface area (Å²) in [6, 6.07) is 7.62. The fourth-order valence-corrected chi connectivity index (χ4v) is 4.47. The van der Waals surface area contributed by atoms with Crippen molar-refractivity contribution in [3.8, 4) is 0 Å². The molecule has 1 aliphatic rings. The van der Waals surface area contributed by atoms with E-state index in [4.69, 9.17) is 4.74 Å². The predicted octanol–water partition coefficient (Wildman–Crippen LogP) is 2.34. The number of aryl methyl sites for hydroxylation is 1. The molecule has 1 aromatic carbocycles. The molecule has 2 heterocycles. The smallest absolute Gasteiger partial charge is 0.342 e. The number of carbonyl (C=O) groups is 1. The molecule has 0 saturated carbocycles. The number of benzene rings is 1. The Morgan fingerprint density at radius 2 is 2.08 bits per heavy atom. The van der Waals surface area contributed by atoms with Gasteiger partial charge in [-0.05, 0) is 32.4 Å². The van der Waals surface area contributed by atoms with E-state index in [2.05, 4.69) is 4.98 Å². The summed E-state index contributed by atoms with van der Waals surface area (Å²) in [4.78, 5) is 19.1. The quantitative estimate of drug-likeness (QED) is 0.780. The molecule has 2 aromatic rings. The fourth-order valence-electron chi connectivity index (χ4n) is 3.18. The number of ether oxygens (including phenoxy) is 1. The number of aromatic nitrogens is 1. The Morgan fingerprint density at radius 1 is 1.36 bits per heavy atom. The van der Waals surface area contributed by atoms with Gasteiger partial charge in [-0.15, -0.1) is 0 Å². The van der Waals surface area contributed by atoms with Crippen LogP contribution in [0.1, 0.15) is 29.8 Å². The van der Waals surface area contributed by atoms with Gasteiger partial charge in [0, 0.05) is 18.5 Å². The van der Waals surface area contributed by atoms with Crippen LogP contribution < -0.4 is 4.90 Å². The van der Waals surface area contributed by atoms with Crippen molar-refractivity contribution in [2.45, 2.75) is 26.0 Å². The molecule has 1 saturated heterocycles. The van der Waals surface area contributed by atoms with Gasteiger partial charge in [0.1, 0.15) is 11.4 Å². The summed E-state index contributed by atoms with van der Waals surface area (Å²) in [5, 5.41) is 0.400. The van der Waals surface area contributed by atoms with Crippen molar-refractivity contribution in [2.24, 2.45) is 0 Å². The molecule has 0 spiro atoms. The third kappa shape index (κ3) is 3.20. The molecule has 3 rings (SSSR count). The van der Waals surface area contributed by atoms with E-state index < -0.39 is 21.1 Å². The Labute approximate surface area is 147 Å². The molecule has 1 aromatic heterocycles. The number of nitrogens with zero attached hydrogens (tertiary/aromatic N) is 2. The molecule has 1 aliphatic heterocycles. The molecule has 0 radical (unpaired) electrons. The highest BCUT2D eigenvalue weighted by molar-refractivity contribution is 7.92. The van der Waals surface area contributed by atoms with E-state index in [-0.39, 0.29) is 12.4 Å². The normalized spacial score (nSPS) is 19.8. The van der Waals surface area contributed by atoms with Crippen LogP contribution in [0.3, 0.4) is 0 Å². The summed E-state index contributed by atoms with van der Waals surface area (Å²) >= 11 is 0. The average molecular weight is 362 g/mol. The van der Waals surface area contributed by atoms with Crippen LogP contribution in [-0.2, 0) is 14.6 Å².